The second-order valence-electron chi connectivity index (χ2n) is 3.97. The van der Waals surface area contributed by atoms with Crippen molar-refractivity contribution >= 4 is 29.1 Å². The van der Waals surface area contributed by atoms with Gasteiger partial charge in [-0.1, -0.05) is 23.7 Å². The first-order chi connectivity index (χ1) is 8.13. The van der Waals surface area contributed by atoms with Gasteiger partial charge in [0.25, 0.3) is 0 Å². The lowest BCUT2D eigenvalue weighted by molar-refractivity contribution is -0.125. The second kappa shape index (κ2) is 4.75. The maximum Gasteiger partial charge on any atom is 0.227 e. The van der Waals surface area contributed by atoms with Gasteiger partial charge >= 0.3 is 0 Å². The molecule has 5 heteroatoms. The van der Waals surface area contributed by atoms with Gasteiger partial charge in [0.15, 0.2) is 0 Å². The molecule has 17 heavy (non-hydrogen) atoms. The maximum absolute atomic E-state index is 11.8. The Bertz CT molecular complexity index is 462. The minimum atomic E-state index is -0.288. The number of hydrogen-bond donors (Lipinski definition) is 1. The number of para-hydroxylation sites is 1. The number of carbonyl (C=O) groups excluding carboxylic acids is 2. The molecule has 0 saturated carbocycles. The van der Waals surface area contributed by atoms with Gasteiger partial charge in [-0.15, -0.1) is 0 Å². The predicted molar refractivity (Wildman–Crippen MR) is 66.0 cm³/mol. The molecular weight excluding hydrogens is 240 g/mol. The minimum absolute atomic E-state index is 0.0632. The third kappa shape index (κ3) is 2.26. The zero-order chi connectivity index (χ0) is 12.4. The standard InChI is InChI=1S/C12H13ClN2O2/c1-14-12(17)8-6-11(16)15(7-8)10-5-3-2-4-9(10)13/h2-5,8H,6-7H2,1H3,(H,14,17). The number of amides is 2. The van der Waals surface area contributed by atoms with E-state index in [1.54, 1.807) is 24.1 Å². The van der Waals surface area contributed by atoms with E-state index in [0.29, 0.717) is 17.3 Å². The molecule has 1 heterocycles. The Morgan fingerprint density at radius 2 is 2.18 bits per heavy atom. The quantitative estimate of drug-likeness (QED) is 0.866. The fourth-order valence-electron chi connectivity index (χ4n) is 1.99. The zero-order valence-electron chi connectivity index (χ0n) is 9.44. The largest absolute Gasteiger partial charge is 0.359 e. The topological polar surface area (TPSA) is 49.4 Å². The summed E-state index contributed by atoms with van der Waals surface area (Å²) in [6.45, 7) is 0.391. The fourth-order valence-corrected chi connectivity index (χ4v) is 2.23. The predicted octanol–water partition coefficient (Wildman–Crippen LogP) is 1.44. The summed E-state index contributed by atoms with van der Waals surface area (Å²) in [6.07, 6.45) is 0.241. The Balaban J connectivity index is 2.22. The molecule has 1 N–H and O–H groups in total. The summed E-state index contributed by atoms with van der Waals surface area (Å²) in [5.74, 6) is -0.455. The van der Waals surface area contributed by atoms with E-state index in [-0.39, 0.29) is 24.2 Å². The molecule has 2 rings (SSSR count). The number of anilines is 1. The molecule has 1 saturated heterocycles. The van der Waals surface area contributed by atoms with Crippen molar-refractivity contribution in [2.75, 3.05) is 18.5 Å². The molecule has 0 aliphatic carbocycles. The van der Waals surface area contributed by atoms with Crippen LogP contribution in [0.15, 0.2) is 24.3 Å². The van der Waals surface area contributed by atoms with Crippen LogP contribution in [0.2, 0.25) is 5.02 Å². The Morgan fingerprint density at radius 1 is 1.47 bits per heavy atom. The molecular formula is C12H13ClN2O2. The van der Waals surface area contributed by atoms with Crippen LogP contribution < -0.4 is 10.2 Å². The molecule has 1 aliphatic heterocycles. The monoisotopic (exact) mass is 252 g/mol. The van der Waals surface area contributed by atoms with Crippen LogP contribution in [0.25, 0.3) is 0 Å². The van der Waals surface area contributed by atoms with Crippen LogP contribution in [0.5, 0.6) is 0 Å². The first kappa shape index (κ1) is 11.9. The molecule has 90 valence electrons. The van der Waals surface area contributed by atoms with Crippen molar-refractivity contribution in [2.24, 2.45) is 5.92 Å². The van der Waals surface area contributed by atoms with Crippen LogP contribution in [0.1, 0.15) is 6.42 Å². The number of nitrogens with one attached hydrogen (secondary N) is 1. The molecule has 1 atom stereocenters. The van der Waals surface area contributed by atoms with Gasteiger partial charge in [0.05, 0.1) is 16.6 Å². The van der Waals surface area contributed by atoms with Crippen molar-refractivity contribution in [2.45, 2.75) is 6.42 Å². The molecule has 0 aromatic heterocycles. The Labute approximate surface area is 105 Å². The highest BCUT2D eigenvalue weighted by Crippen LogP contribution is 2.30. The summed E-state index contributed by atoms with van der Waals surface area (Å²) >= 11 is 6.04. The molecule has 1 aromatic rings. The molecule has 1 aromatic carbocycles. The van der Waals surface area contributed by atoms with E-state index >= 15 is 0 Å². The van der Waals surface area contributed by atoms with Crippen molar-refractivity contribution in [3.05, 3.63) is 29.3 Å². The van der Waals surface area contributed by atoms with Crippen LogP contribution in [-0.4, -0.2) is 25.4 Å². The number of halogens is 1. The smallest absolute Gasteiger partial charge is 0.227 e. The van der Waals surface area contributed by atoms with E-state index in [9.17, 15) is 9.59 Å². The number of benzene rings is 1. The third-order valence-electron chi connectivity index (χ3n) is 2.89. The summed E-state index contributed by atoms with van der Waals surface area (Å²) in [6, 6.07) is 7.15. The van der Waals surface area contributed by atoms with Crippen LogP contribution in [0, 0.1) is 5.92 Å². The number of nitrogens with zero attached hydrogens (tertiary/aromatic N) is 1. The highest BCUT2D eigenvalue weighted by Gasteiger charge is 2.35. The number of rotatable bonds is 2. The Morgan fingerprint density at radius 3 is 2.82 bits per heavy atom. The fraction of sp³-hybridized carbons (Fsp3) is 0.333. The average Bonchev–Trinajstić information content (AvgIpc) is 2.71. The zero-order valence-corrected chi connectivity index (χ0v) is 10.2. The van der Waals surface area contributed by atoms with E-state index in [2.05, 4.69) is 5.32 Å². The summed E-state index contributed by atoms with van der Waals surface area (Å²) in [5, 5.41) is 3.09. The van der Waals surface area contributed by atoms with Gasteiger partial charge in [0, 0.05) is 20.0 Å². The van der Waals surface area contributed by atoms with Crippen LogP contribution >= 0.6 is 11.6 Å². The Hall–Kier alpha value is -1.55. The summed E-state index contributed by atoms with van der Waals surface area (Å²) in [4.78, 5) is 24.9. The molecule has 1 unspecified atom stereocenters. The van der Waals surface area contributed by atoms with Gasteiger partial charge in [-0.2, -0.15) is 0 Å². The first-order valence-electron chi connectivity index (χ1n) is 5.40. The van der Waals surface area contributed by atoms with Gasteiger partial charge in [0.1, 0.15) is 0 Å². The van der Waals surface area contributed by atoms with Crippen LogP contribution in [-0.2, 0) is 9.59 Å². The number of hydrogen-bond acceptors (Lipinski definition) is 2. The van der Waals surface area contributed by atoms with Crippen molar-refractivity contribution in [1.82, 2.24) is 5.32 Å². The summed E-state index contributed by atoms with van der Waals surface area (Å²) < 4.78 is 0. The lowest BCUT2D eigenvalue weighted by Gasteiger charge is -2.17. The third-order valence-corrected chi connectivity index (χ3v) is 3.21. The lowest BCUT2D eigenvalue weighted by atomic mass is 10.1. The molecule has 0 bridgehead atoms. The highest BCUT2D eigenvalue weighted by atomic mass is 35.5. The van der Waals surface area contributed by atoms with Gasteiger partial charge in [0.2, 0.25) is 11.8 Å². The van der Waals surface area contributed by atoms with Crippen molar-refractivity contribution < 1.29 is 9.59 Å². The molecule has 1 aliphatic rings. The van der Waals surface area contributed by atoms with E-state index in [1.807, 2.05) is 12.1 Å². The summed E-state index contributed by atoms with van der Waals surface area (Å²) in [5.41, 5.74) is 0.672. The molecule has 1 fully saturated rings. The highest BCUT2D eigenvalue weighted by molar-refractivity contribution is 6.33. The second-order valence-corrected chi connectivity index (χ2v) is 4.38. The lowest BCUT2D eigenvalue weighted by Crippen LogP contribution is -2.30. The van der Waals surface area contributed by atoms with Crippen LogP contribution in [0.3, 0.4) is 0 Å². The maximum atomic E-state index is 11.8. The molecule has 0 spiro atoms. The van der Waals surface area contributed by atoms with E-state index in [4.69, 9.17) is 11.6 Å². The van der Waals surface area contributed by atoms with Gasteiger partial charge in [-0.05, 0) is 12.1 Å². The van der Waals surface area contributed by atoms with Gasteiger partial charge in [-0.3, -0.25) is 9.59 Å². The minimum Gasteiger partial charge on any atom is -0.359 e. The van der Waals surface area contributed by atoms with Gasteiger partial charge in [-0.25, -0.2) is 0 Å². The summed E-state index contributed by atoms with van der Waals surface area (Å²) in [7, 11) is 1.57. The van der Waals surface area contributed by atoms with Crippen molar-refractivity contribution in [3.8, 4) is 0 Å². The van der Waals surface area contributed by atoms with Crippen molar-refractivity contribution in [1.29, 1.82) is 0 Å². The van der Waals surface area contributed by atoms with Gasteiger partial charge < -0.3 is 10.2 Å². The number of carbonyl (C=O) groups is 2. The SMILES string of the molecule is CNC(=O)C1CC(=O)N(c2ccccc2Cl)C1. The Kier molecular flexibility index (Phi) is 3.33. The average molecular weight is 253 g/mol. The first-order valence-corrected chi connectivity index (χ1v) is 5.77. The molecule has 4 nitrogen and oxygen atoms in total. The van der Waals surface area contributed by atoms with Crippen molar-refractivity contribution in [3.63, 3.8) is 0 Å². The van der Waals surface area contributed by atoms with Crippen LogP contribution in [0.4, 0.5) is 5.69 Å². The molecule has 0 radical (unpaired) electrons. The van der Waals surface area contributed by atoms with E-state index < -0.39 is 0 Å². The van der Waals surface area contributed by atoms with E-state index in [0.717, 1.165) is 0 Å². The molecule has 2 amide bonds. The normalized spacial score (nSPS) is 19.5. The van der Waals surface area contributed by atoms with E-state index in [1.165, 1.54) is 0 Å².